The van der Waals surface area contributed by atoms with Gasteiger partial charge in [0.15, 0.2) is 6.10 Å². The van der Waals surface area contributed by atoms with E-state index in [1.807, 2.05) is 24.3 Å². The lowest BCUT2D eigenvalue weighted by molar-refractivity contribution is -0.185. The van der Waals surface area contributed by atoms with Gasteiger partial charge in [0.2, 0.25) is 0 Å². The zero-order chi connectivity index (χ0) is 15.7. The average Bonchev–Trinajstić information content (AvgIpc) is 2.48. The average molecular weight is 305 g/mol. The Morgan fingerprint density at radius 2 is 2.05 bits per heavy atom. The highest BCUT2D eigenvalue weighted by Gasteiger charge is 2.45. The van der Waals surface area contributed by atoms with Crippen LogP contribution in [0.15, 0.2) is 24.3 Å². The van der Waals surface area contributed by atoms with Crippen LogP contribution < -0.4 is 5.32 Å². The highest BCUT2D eigenvalue weighted by Crippen LogP contribution is 2.41. The van der Waals surface area contributed by atoms with Crippen molar-refractivity contribution in [3.63, 3.8) is 0 Å². The normalized spacial score (nSPS) is 29.0. The van der Waals surface area contributed by atoms with Crippen molar-refractivity contribution >= 4 is 17.6 Å². The molecule has 0 spiro atoms. The van der Waals surface area contributed by atoms with E-state index in [9.17, 15) is 9.59 Å². The third-order valence-electron chi connectivity index (χ3n) is 3.97. The van der Waals surface area contributed by atoms with Gasteiger partial charge >= 0.3 is 11.9 Å². The van der Waals surface area contributed by atoms with Gasteiger partial charge in [-0.05, 0) is 6.07 Å². The van der Waals surface area contributed by atoms with E-state index in [1.165, 1.54) is 13.8 Å². The lowest BCUT2D eigenvalue weighted by Gasteiger charge is -2.45. The molecule has 0 radical (unpaired) electrons. The molecular weight excluding hydrogens is 286 g/mol. The van der Waals surface area contributed by atoms with Crippen molar-refractivity contribution < 1.29 is 23.8 Å². The first-order valence-electron chi connectivity index (χ1n) is 7.36. The van der Waals surface area contributed by atoms with Gasteiger partial charge in [-0.2, -0.15) is 0 Å². The van der Waals surface area contributed by atoms with E-state index in [-0.39, 0.29) is 30.7 Å². The first kappa shape index (κ1) is 14.8. The fourth-order valence-corrected chi connectivity index (χ4v) is 3.10. The van der Waals surface area contributed by atoms with Crippen molar-refractivity contribution in [3.05, 3.63) is 29.8 Å². The fraction of sp³-hybridized carbons (Fsp3) is 0.500. The van der Waals surface area contributed by atoms with E-state index in [2.05, 4.69) is 5.32 Å². The Bertz CT molecular complexity index is 588. The van der Waals surface area contributed by atoms with Crippen LogP contribution in [-0.4, -0.2) is 36.8 Å². The van der Waals surface area contributed by atoms with Gasteiger partial charge in [0.1, 0.15) is 12.7 Å². The highest BCUT2D eigenvalue weighted by atomic mass is 16.6. The monoisotopic (exact) mass is 305 g/mol. The Hall–Kier alpha value is -2.08. The Kier molecular flexibility index (Phi) is 4.02. The van der Waals surface area contributed by atoms with E-state index >= 15 is 0 Å². The summed E-state index contributed by atoms with van der Waals surface area (Å²) < 4.78 is 16.5. The van der Waals surface area contributed by atoms with Gasteiger partial charge < -0.3 is 19.5 Å². The second-order valence-corrected chi connectivity index (χ2v) is 5.61. The maximum absolute atomic E-state index is 11.4. The number of nitrogens with one attached hydrogen (secondary N) is 1. The molecule has 6 nitrogen and oxygen atoms in total. The predicted molar refractivity (Wildman–Crippen MR) is 78.3 cm³/mol. The smallest absolute Gasteiger partial charge is 0.303 e. The first-order valence-corrected chi connectivity index (χ1v) is 7.36. The number of hydrogen-bond donors (Lipinski definition) is 1. The number of carbonyl (C=O) groups excluding carboxylic acids is 2. The molecule has 4 atom stereocenters. The van der Waals surface area contributed by atoms with Gasteiger partial charge in [-0.3, -0.25) is 9.59 Å². The van der Waals surface area contributed by atoms with E-state index in [1.54, 1.807) is 0 Å². The number of hydrogen-bond acceptors (Lipinski definition) is 6. The summed E-state index contributed by atoms with van der Waals surface area (Å²) in [5.41, 5.74) is 2.07. The molecule has 1 N–H and O–H groups in total. The minimum atomic E-state index is -0.485. The van der Waals surface area contributed by atoms with Gasteiger partial charge in [-0.25, -0.2) is 0 Å². The molecule has 0 aromatic heterocycles. The summed E-state index contributed by atoms with van der Waals surface area (Å²) in [7, 11) is 0. The van der Waals surface area contributed by atoms with Crippen molar-refractivity contribution in [1.29, 1.82) is 0 Å². The molecule has 22 heavy (non-hydrogen) atoms. The van der Waals surface area contributed by atoms with E-state index in [0.717, 1.165) is 11.3 Å². The van der Waals surface area contributed by atoms with Crippen molar-refractivity contribution in [2.24, 2.45) is 0 Å². The standard InChI is InChI=1S/C16H19NO5/c1-9(18)20-8-15-16(21-10(2)19)13-7-14(22-15)11-5-3-4-6-12(11)17-13/h3-6,13-17H,7-8H2,1-2H3/t13-,14-,15+,16-/m0/s1. The van der Waals surface area contributed by atoms with Crippen molar-refractivity contribution in [2.45, 2.75) is 44.6 Å². The van der Waals surface area contributed by atoms with Gasteiger partial charge in [-0.15, -0.1) is 0 Å². The summed E-state index contributed by atoms with van der Waals surface area (Å²) >= 11 is 0. The van der Waals surface area contributed by atoms with Gasteiger partial charge in [0.05, 0.1) is 12.1 Å². The van der Waals surface area contributed by atoms with Gasteiger partial charge in [0, 0.05) is 31.5 Å². The van der Waals surface area contributed by atoms with Crippen LogP contribution in [0.1, 0.15) is 31.9 Å². The molecule has 0 saturated carbocycles. The molecule has 1 aromatic carbocycles. The summed E-state index contributed by atoms with van der Waals surface area (Å²) in [6.07, 6.45) is -0.334. The summed E-state index contributed by atoms with van der Waals surface area (Å²) in [5, 5.41) is 3.40. The number of rotatable bonds is 3. The molecule has 1 saturated heterocycles. The molecule has 2 aliphatic rings. The molecule has 0 amide bonds. The largest absolute Gasteiger partial charge is 0.463 e. The van der Waals surface area contributed by atoms with Crippen LogP contribution >= 0.6 is 0 Å². The van der Waals surface area contributed by atoms with Crippen LogP contribution in [0.25, 0.3) is 0 Å². The second-order valence-electron chi connectivity index (χ2n) is 5.61. The topological polar surface area (TPSA) is 73.9 Å². The zero-order valence-electron chi connectivity index (χ0n) is 12.6. The zero-order valence-corrected chi connectivity index (χ0v) is 12.6. The molecule has 2 bridgehead atoms. The number of para-hydroxylation sites is 1. The number of benzene rings is 1. The van der Waals surface area contributed by atoms with Crippen molar-refractivity contribution in [3.8, 4) is 0 Å². The highest BCUT2D eigenvalue weighted by molar-refractivity contribution is 5.67. The number of esters is 2. The SMILES string of the molecule is CC(=O)OC[C@H]1O[C@H]2C[C@H](Nc3ccccc32)[C@@H]1OC(C)=O. The summed E-state index contributed by atoms with van der Waals surface area (Å²) in [4.78, 5) is 22.4. The number of anilines is 1. The van der Waals surface area contributed by atoms with Crippen LogP contribution in [0.5, 0.6) is 0 Å². The minimum absolute atomic E-state index is 0.0573. The molecular formula is C16H19NO5. The predicted octanol–water partition coefficient (Wildman–Crippen LogP) is 1.81. The Morgan fingerprint density at radius 1 is 1.27 bits per heavy atom. The van der Waals surface area contributed by atoms with Crippen LogP contribution in [0, 0.1) is 0 Å². The molecule has 118 valence electrons. The molecule has 1 aromatic rings. The van der Waals surface area contributed by atoms with Gasteiger partial charge in [0.25, 0.3) is 0 Å². The summed E-state index contributed by atoms with van der Waals surface area (Å²) in [5.74, 6) is -0.755. The van der Waals surface area contributed by atoms with Crippen LogP contribution in [0.4, 0.5) is 5.69 Å². The Balaban J connectivity index is 1.85. The van der Waals surface area contributed by atoms with Crippen LogP contribution in [0.3, 0.4) is 0 Å². The first-order chi connectivity index (χ1) is 10.5. The third-order valence-corrected chi connectivity index (χ3v) is 3.97. The number of carbonyl (C=O) groups is 2. The lowest BCUT2D eigenvalue weighted by atomic mass is 9.87. The number of ether oxygens (including phenoxy) is 3. The van der Waals surface area contributed by atoms with E-state index in [0.29, 0.717) is 6.42 Å². The molecule has 6 heteroatoms. The van der Waals surface area contributed by atoms with Crippen LogP contribution in [0.2, 0.25) is 0 Å². The molecule has 0 unspecified atom stereocenters. The maximum Gasteiger partial charge on any atom is 0.303 e. The molecule has 2 heterocycles. The maximum atomic E-state index is 11.4. The molecule has 0 aliphatic carbocycles. The third kappa shape index (κ3) is 2.92. The fourth-order valence-electron chi connectivity index (χ4n) is 3.10. The quantitative estimate of drug-likeness (QED) is 0.859. The summed E-state index contributed by atoms with van der Waals surface area (Å²) in [6, 6.07) is 7.85. The van der Waals surface area contributed by atoms with Crippen LogP contribution in [-0.2, 0) is 23.8 Å². The molecule has 3 rings (SSSR count). The van der Waals surface area contributed by atoms with Crippen molar-refractivity contribution in [2.75, 3.05) is 11.9 Å². The van der Waals surface area contributed by atoms with Crippen molar-refractivity contribution in [1.82, 2.24) is 0 Å². The molecule has 2 aliphatic heterocycles. The summed E-state index contributed by atoms with van der Waals surface area (Å²) in [6.45, 7) is 2.79. The Morgan fingerprint density at radius 3 is 2.77 bits per heavy atom. The van der Waals surface area contributed by atoms with Gasteiger partial charge in [-0.1, -0.05) is 18.2 Å². The second kappa shape index (κ2) is 5.96. The lowest BCUT2D eigenvalue weighted by Crippen LogP contribution is -2.54. The van der Waals surface area contributed by atoms with E-state index in [4.69, 9.17) is 14.2 Å². The number of fused-ring (bicyclic) bond motifs is 4. The minimum Gasteiger partial charge on any atom is -0.463 e. The Labute approximate surface area is 128 Å². The van der Waals surface area contributed by atoms with E-state index < -0.39 is 12.2 Å². The molecule has 1 fully saturated rings.